The first-order chi connectivity index (χ1) is 19.8. The monoisotopic (exact) mass is 701 g/mol. The fourth-order valence-electron chi connectivity index (χ4n) is 7.66. The van der Waals surface area contributed by atoms with E-state index in [-0.39, 0.29) is 21.8 Å². The average Bonchev–Trinajstić information content (AvgIpc) is 2.96. The quantitative estimate of drug-likeness (QED) is 0.203. The van der Waals surface area contributed by atoms with Gasteiger partial charge >= 0.3 is 0 Å². The zero-order chi connectivity index (χ0) is 30.3. The number of fused-ring (bicyclic) bond motifs is 3. The Morgan fingerprint density at radius 2 is 1.62 bits per heavy atom. The second kappa shape index (κ2) is 12.2. The number of halogens is 1. The summed E-state index contributed by atoms with van der Waals surface area (Å²) >= 11 is 2.39. The van der Waals surface area contributed by atoms with Crippen LogP contribution >= 0.6 is 22.6 Å². The van der Waals surface area contributed by atoms with E-state index in [2.05, 4.69) is 111 Å². The van der Waals surface area contributed by atoms with Crippen LogP contribution in [0.15, 0.2) is 42.5 Å². The fraction of sp³-hybridized carbons (Fsp3) is 0.639. The Bertz CT molecular complexity index is 1250. The molecule has 4 saturated carbocycles. The predicted molar refractivity (Wildman–Crippen MR) is 185 cm³/mol. The highest BCUT2D eigenvalue weighted by Gasteiger charge is 2.51. The molecule has 4 nitrogen and oxygen atoms in total. The van der Waals surface area contributed by atoms with E-state index < -0.39 is 8.32 Å². The third-order valence-corrected chi connectivity index (χ3v) is 16.8. The molecule has 0 heterocycles. The lowest BCUT2D eigenvalue weighted by Crippen LogP contribution is -2.52. The van der Waals surface area contributed by atoms with Gasteiger partial charge in [-0.3, -0.25) is 4.79 Å². The number of ether oxygens (including phenoxy) is 1. The average molecular weight is 702 g/mol. The van der Waals surface area contributed by atoms with E-state index in [0.717, 1.165) is 43.7 Å². The van der Waals surface area contributed by atoms with Gasteiger partial charge in [0, 0.05) is 27.8 Å². The molecule has 0 radical (unpaired) electrons. The minimum absolute atomic E-state index is 0.0899. The summed E-state index contributed by atoms with van der Waals surface area (Å²) in [5.41, 5.74) is 4.28. The molecular formula is C36H52INO3Si. The zero-order valence-electron chi connectivity index (χ0n) is 27.0. The van der Waals surface area contributed by atoms with Crippen LogP contribution in [-0.4, -0.2) is 34.0 Å². The van der Waals surface area contributed by atoms with Crippen LogP contribution in [0.3, 0.4) is 0 Å². The molecule has 4 aliphatic carbocycles. The molecule has 42 heavy (non-hydrogen) atoms. The summed E-state index contributed by atoms with van der Waals surface area (Å²) in [6.07, 6.45) is 11.4. The summed E-state index contributed by atoms with van der Waals surface area (Å²) in [6.45, 7) is 14.6. The highest BCUT2D eigenvalue weighted by atomic mass is 127. The Hall–Kier alpha value is -1.38. The number of benzene rings is 2. The predicted octanol–water partition coefficient (Wildman–Crippen LogP) is 9.81. The molecule has 2 aromatic rings. The summed E-state index contributed by atoms with van der Waals surface area (Å²) in [7, 11) is -0.0481. The van der Waals surface area contributed by atoms with Crippen molar-refractivity contribution in [3.63, 3.8) is 0 Å². The molecule has 0 aliphatic heterocycles. The summed E-state index contributed by atoms with van der Waals surface area (Å²) in [5.74, 6) is 1.40. The van der Waals surface area contributed by atoms with Crippen molar-refractivity contribution in [3.05, 3.63) is 57.2 Å². The van der Waals surface area contributed by atoms with E-state index >= 15 is 0 Å². The van der Waals surface area contributed by atoms with E-state index in [0.29, 0.717) is 12.0 Å². The van der Waals surface area contributed by atoms with Crippen molar-refractivity contribution in [3.8, 4) is 5.75 Å². The van der Waals surface area contributed by atoms with Crippen LogP contribution in [0.1, 0.15) is 96.1 Å². The summed E-state index contributed by atoms with van der Waals surface area (Å²) in [6, 6.07) is 15.4. The molecule has 230 valence electrons. The van der Waals surface area contributed by atoms with Crippen LogP contribution in [0, 0.1) is 21.8 Å². The minimum Gasteiger partial charge on any atom is -0.496 e. The third-order valence-electron chi connectivity index (χ3n) is 11.6. The van der Waals surface area contributed by atoms with Crippen molar-refractivity contribution >= 4 is 42.5 Å². The van der Waals surface area contributed by atoms with Crippen molar-refractivity contribution in [2.75, 3.05) is 18.6 Å². The zero-order valence-corrected chi connectivity index (χ0v) is 30.2. The Balaban J connectivity index is 1.29. The third kappa shape index (κ3) is 6.51. The molecule has 1 amide bonds. The van der Waals surface area contributed by atoms with Crippen molar-refractivity contribution in [2.45, 2.75) is 122 Å². The van der Waals surface area contributed by atoms with Gasteiger partial charge in [-0.05, 0) is 158 Å². The van der Waals surface area contributed by atoms with E-state index in [4.69, 9.17) is 9.16 Å². The lowest BCUT2D eigenvalue weighted by atomic mass is 9.51. The normalized spacial score (nSPS) is 28.0. The molecule has 6 heteroatoms. The number of carbonyl (C=O) groups is 1. The maximum atomic E-state index is 14.4. The van der Waals surface area contributed by atoms with Gasteiger partial charge in [-0.25, -0.2) is 0 Å². The van der Waals surface area contributed by atoms with Gasteiger partial charge in [0.05, 0.1) is 7.11 Å². The molecule has 0 atom stereocenters. The topological polar surface area (TPSA) is 38.8 Å². The first-order valence-electron chi connectivity index (χ1n) is 16.2. The first-order valence-corrected chi connectivity index (χ1v) is 20.2. The van der Waals surface area contributed by atoms with Gasteiger partial charge in [-0.1, -0.05) is 39.0 Å². The van der Waals surface area contributed by atoms with Gasteiger partial charge < -0.3 is 14.1 Å². The van der Waals surface area contributed by atoms with Crippen molar-refractivity contribution < 1.29 is 14.0 Å². The van der Waals surface area contributed by atoms with Gasteiger partial charge in [-0.15, -0.1) is 0 Å². The molecule has 4 aliphatic rings. The number of amides is 1. The molecule has 0 spiro atoms. The molecular weight excluding hydrogens is 649 g/mol. The number of hydrogen-bond donors (Lipinski definition) is 0. The second-order valence-electron chi connectivity index (χ2n) is 15.2. The number of nitrogens with zero attached hydrogens (tertiary/aromatic N) is 1. The molecule has 0 saturated heterocycles. The van der Waals surface area contributed by atoms with E-state index in [1.165, 1.54) is 53.2 Å². The van der Waals surface area contributed by atoms with Crippen LogP contribution in [0.5, 0.6) is 5.75 Å². The van der Waals surface area contributed by atoms with Crippen LogP contribution in [0.2, 0.25) is 18.1 Å². The van der Waals surface area contributed by atoms with Crippen LogP contribution in [0.4, 0.5) is 5.69 Å². The van der Waals surface area contributed by atoms with E-state index in [1.54, 1.807) is 7.11 Å². The Morgan fingerprint density at radius 1 is 0.976 bits per heavy atom. The number of hydrogen-bond acceptors (Lipinski definition) is 3. The first kappa shape index (κ1) is 32.0. The summed E-state index contributed by atoms with van der Waals surface area (Å²) in [4.78, 5) is 16.6. The van der Waals surface area contributed by atoms with Gasteiger partial charge in [0.15, 0.2) is 8.32 Å². The molecule has 0 N–H and O–H groups in total. The van der Waals surface area contributed by atoms with Gasteiger partial charge in [-0.2, -0.15) is 0 Å². The van der Waals surface area contributed by atoms with E-state index in [1.807, 2.05) is 0 Å². The summed E-state index contributed by atoms with van der Waals surface area (Å²) in [5, 5.41) is 0.212. The molecule has 0 aromatic heterocycles. The molecule has 2 aromatic carbocycles. The molecule has 0 unspecified atom stereocenters. The number of carbonyl (C=O) groups excluding carboxylic acids is 1. The maximum Gasteiger partial charge on any atom is 0.230 e. The molecule has 6 rings (SSSR count). The van der Waals surface area contributed by atoms with E-state index in [9.17, 15) is 4.79 Å². The number of methoxy groups -OCH3 is 1. The van der Waals surface area contributed by atoms with Gasteiger partial charge in [0.2, 0.25) is 5.91 Å². The highest BCUT2D eigenvalue weighted by Crippen LogP contribution is 2.58. The number of anilines is 1. The largest absolute Gasteiger partial charge is 0.496 e. The smallest absolute Gasteiger partial charge is 0.230 e. The lowest BCUT2D eigenvalue weighted by Gasteiger charge is -2.55. The van der Waals surface area contributed by atoms with Crippen LogP contribution in [-0.2, 0) is 14.6 Å². The Kier molecular flexibility index (Phi) is 9.29. The van der Waals surface area contributed by atoms with Crippen LogP contribution in [0.25, 0.3) is 0 Å². The van der Waals surface area contributed by atoms with Crippen molar-refractivity contribution in [2.24, 2.45) is 11.3 Å². The standard InChI is InChI=1S/C36H52INO3Si/c1-26-23-28(13-16-32(26)40-5)36-20-17-35(18-21-36,19-22-36)25-38(30-10-8-9-29(37)24-30)33(39)27-11-14-31(15-12-27)41-42(6,7)34(2,3)4/h8-10,13,16,23-24,27,31H,11-12,14-15,17-22,25H2,1-7H3/t27-,31-,35?,36?. The Morgan fingerprint density at radius 3 is 2.17 bits per heavy atom. The number of rotatable bonds is 8. The second-order valence-corrected chi connectivity index (χ2v) is 21.2. The van der Waals surface area contributed by atoms with Gasteiger partial charge in [0.25, 0.3) is 0 Å². The van der Waals surface area contributed by atoms with Crippen LogP contribution < -0.4 is 9.64 Å². The minimum atomic E-state index is -1.80. The SMILES string of the molecule is COc1ccc(C23CCC(CN(c4cccc(I)c4)C(=O)[C@H]4CC[C@H](O[Si](C)(C)C(C)(C)C)CC4)(CC2)CC3)cc1C. The lowest BCUT2D eigenvalue weighted by molar-refractivity contribution is -0.124. The highest BCUT2D eigenvalue weighted by molar-refractivity contribution is 14.1. The maximum absolute atomic E-state index is 14.4. The van der Waals surface area contributed by atoms with Gasteiger partial charge in [0.1, 0.15) is 5.75 Å². The fourth-order valence-corrected chi connectivity index (χ4v) is 9.61. The Labute approximate surface area is 269 Å². The molecule has 2 bridgehead atoms. The van der Waals surface area contributed by atoms with Crippen molar-refractivity contribution in [1.29, 1.82) is 0 Å². The number of aryl methyl sites for hydroxylation is 1. The summed E-state index contributed by atoms with van der Waals surface area (Å²) < 4.78 is 13.5. The molecule has 4 fully saturated rings. The van der Waals surface area contributed by atoms with Crippen molar-refractivity contribution in [1.82, 2.24) is 0 Å².